The summed E-state index contributed by atoms with van der Waals surface area (Å²) in [6.07, 6.45) is 1.44. The van der Waals surface area contributed by atoms with Gasteiger partial charge in [-0.1, -0.05) is 0 Å². The van der Waals surface area contributed by atoms with Gasteiger partial charge < -0.3 is 15.3 Å². The molecule has 1 atom stereocenters. The smallest absolute Gasteiger partial charge is 0.317 e. The zero-order valence-corrected chi connectivity index (χ0v) is 7.62. The summed E-state index contributed by atoms with van der Waals surface area (Å²) in [7, 11) is 1.55. The van der Waals surface area contributed by atoms with Crippen molar-refractivity contribution < 1.29 is 14.7 Å². The Kier molecular flexibility index (Phi) is 3.11. The molecule has 0 aromatic carbocycles. The molecule has 1 heterocycles. The van der Waals surface area contributed by atoms with Crippen molar-refractivity contribution in [2.45, 2.75) is 12.8 Å². The van der Waals surface area contributed by atoms with Gasteiger partial charge in [-0.15, -0.1) is 0 Å². The number of rotatable bonds is 1. The second-order valence-electron chi connectivity index (χ2n) is 3.18. The van der Waals surface area contributed by atoms with Crippen molar-refractivity contribution in [3.8, 4) is 0 Å². The van der Waals surface area contributed by atoms with Crippen LogP contribution < -0.4 is 5.32 Å². The van der Waals surface area contributed by atoms with Crippen molar-refractivity contribution in [3.05, 3.63) is 0 Å². The number of carbonyl (C=O) groups is 2. The molecule has 0 aromatic heterocycles. The van der Waals surface area contributed by atoms with Crippen LogP contribution in [-0.2, 0) is 4.79 Å². The van der Waals surface area contributed by atoms with Crippen LogP contribution in [-0.4, -0.2) is 42.1 Å². The number of piperidine rings is 1. The lowest BCUT2D eigenvalue weighted by atomic mass is 9.99. The van der Waals surface area contributed by atoms with Gasteiger partial charge in [-0.2, -0.15) is 0 Å². The van der Waals surface area contributed by atoms with Gasteiger partial charge in [0.2, 0.25) is 0 Å². The van der Waals surface area contributed by atoms with Crippen LogP contribution in [0.2, 0.25) is 0 Å². The molecule has 1 aliphatic rings. The first-order valence-electron chi connectivity index (χ1n) is 4.34. The third-order valence-electron chi connectivity index (χ3n) is 2.27. The fourth-order valence-electron chi connectivity index (χ4n) is 1.52. The Labute approximate surface area is 76.7 Å². The van der Waals surface area contributed by atoms with E-state index in [1.54, 1.807) is 11.9 Å². The number of hydrogen-bond acceptors (Lipinski definition) is 2. The van der Waals surface area contributed by atoms with E-state index in [2.05, 4.69) is 5.32 Å². The second-order valence-corrected chi connectivity index (χ2v) is 3.18. The molecule has 0 radical (unpaired) electrons. The number of aliphatic carboxylic acids is 1. The average Bonchev–Trinajstić information content (AvgIpc) is 2.17. The SMILES string of the molecule is CNC(=O)N1CCCC(C(=O)O)C1. The third-order valence-corrected chi connectivity index (χ3v) is 2.27. The van der Waals surface area contributed by atoms with E-state index in [0.717, 1.165) is 6.42 Å². The molecule has 2 amide bonds. The number of carboxylic acid groups (broad SMARTS) is 1. The van der Waals surface area contributed by atoms with Crippen molar-refractivity contribution in [3.63, 3.8) is 0 Å². The highest BCUT2D eigenvalue weighted by Gasteiger charge is 2.27. The largest absolute Gasteiger partial charge is 0.481 e. The summed E-state index contributed by atoms with van der Waals surface area (Å²) in [5.74, 6) is -1.21. The number of amides is 2. The number of urea groups is 1. The molecular weight excluding hydrogens is 172 g/mol. The molecule has 0 spiro atoms. The molecule has 5 heteroatoms. The molecule has 1 rings (SSSR count). The van der Waals surface area contributed by atoms with E-state index in [9.17, 15) is 9.59 Å². The quantitative estimate of drug-likeness (QED) is 0.611. The van der Waals surface area contributed by atoms with Crippen molar-refractivity contribution >= 4 is 12.0 Å². The van der Waals surface area contributed by atoms with Gasteiger partial charge in [-0.25, -0.2) is 4.79 Å². The van der Waals surface area contributed by atoms with Gasteiger partial charge in [0.05, 0.1) is 5.92 Å². The first-order chi connectivity index (χ1) is 6.15. The highest BCUT2D eigenvalue weighted by Crippen LogP contribution is 2.16. The number of carboxylic acids is 1. The summed E-state index contributed by atoms with van der Waals surface area (Å²) < 4.78 is 0. The lowest BCUT2D eigenvalue weighted by Crippen LogP contribution is -2.46. The van der Waals surface area contributed by atoms with Crippen molar-refractivity contribution in [1.82, 2.24) is 10.2 Å². The minimum absolute atomic E-state index is 0.189. The van der Waals surface area contributed by atoms with Gasteiger partial charge >= 0.3 is 12.0 Å². The highest BCUT2D eigenvalue weighted by molar-refractivity contribution is 5.76. The van der Waals surface area contributed by atoms with Gasteiger partial charge in [-0.3, -0.25) is 4.79 Å². The molecule has 1 unspecified atom stereocenters. The average molecular weight is 186 g/mol. The van der Waals surface area contributed by atoms with Crippen molar-refractivity contribution in [1.29, 1.82) is 0 Å². The summed E-state index contributed by atoms with van der Waals surface area (Å²) in [6.45, 7) is 0.985. The van der Waals surface area contributed by atoms with Crippen LogP contribution in [0.1, 0.15) is 12.8 Å². The Morgan fingerprint density at radius 3 is 2.77 bits per heavy atom. The third kappa shape index (κ3) is 2.34. The summed E-state index contributed by atoms with van der Waals surface area (Å²) in [5, 5.41) is 11.2. The first kappa shape index (κ1) is 9.83. The zero-order chi connectivity index (χ0) is 9.84. The fraction of sp³-hybridized carbons (Fsp3) is 0.750. The monoisotopic (exact) mass is 186 g/mol. The maximum atomic E-state index is 11.2. The number of likely N-dealkylation sites (tertiary alicyclic amines) is 1. The molecule has 74 valence electrons. The molecule has 0 bridgehead atoms. The highest BCUT2D eigenvalue weighted by atomic mass is 16.4. The second kappa shape index (κ2) is 4.11. The van der Waals surface area contributed by atoms with Gasteiger partial charge in [-0.05, 0) is 12.8 Å². The summed E-state index contributed by atoms with van der Waals surface area (Å²) >= 11 is 0. The minimum atomic E-state index is -0.811. The Bertz CT molecular complexity index is 217. The fourth-order valence-corrected chi connectivity index (χ4v) is 1.52. The predicted molar refractivity (Wildman–Crippen MR) is 46.4 cm³/mol. The van der Waals surface area contributed by atoms with Crippen LogP contribution in [0.15, 0.2) is 0 Å². The zero-order valence-electron chi connectivity index (χ0n) is 7.62. The van der Waals surface area contributed by atoms with E-state index >= 15 is 0 Å². The molecule has 0 aliphatic carbocycles. The first-order valence-corrected chi connectivity index (χ1v) is 4.34. The number of nitrogens with one attached hydrogen (secondary N) is 1. The van der Waals surface area contributed by atoms with E-state index < -0.39 is 11.9 Å². The van der Waals surface area contributed by atoms with Crippen molar-refractivity contribution in [2.75, 3.05) is 20.1 Å². The van der Waals surface area contributed by atoms with E-state index in [0.29, 0.717) is 19.5 Å². The molecule has 2 N–H and O–H groups in total. The predicted octanol–water partition coefficient (Wildman–Crippen LogP) is 0.122. The Morgan fingerprint density at radius 1 is 1.54 bits per heavy atom. The lowest BCUT2D eigenvalue weighted by Gasteiger charge is -2.30. The molecule has 1 saturated heterocycles. The standard InChI is InChI=1S/C8H14N2O3/c1-9-8(13)10-4-2-3-6(5-10)7(11)12/h6H,2-5H2,1H3,(H,9,13)(H,11,12). The lowest BCUT2D eigenvalue weighted by molar-refractivity contribution is -0.143. The number of nitrogens with zero attached hydrogens (tertiary/aromatic N) is 1. The van der Waals surface area contributed by atoms with Crippen LogP contribution in [0.4, 0.5) is 4.79 Å². The maximum absolute atomic E-state index is 11.2. The molecule has 0 aromatic rings. The Morgan fingerprint density at radius 2 is 2.23 bits per heavy atom. The summed E-state index contributed by atoms with van der Waals surface area (Å²) in [4.78, 5) is 23.4. The van der Waals surface area contributed by atoms with E-state index in [1.807, 2.05) is 0 Å². The van der Waals surface area contributed by atoms with E-state index in [1.165, 1.54) is 0 Å². The van der Waals surface area contributed by atoms with Gasteiger partial charge in [0, 0.05) is 20.1 Å². The molecule has 1 fully saturated rings. The van der Waals surface area contributed by atoms with E-state index in [-0.39, 0.29) is 6.03 Å². The van der Waals surface area contributed by atoms with Crippen LogP contribution in [0.5, 0.6) is 0 Å². The molecule has 5 nitrogen and oxygen atoms in total. The Balaban J connectivity index is 2.51. The number of carbonyl (C=O) groups excluding carboxylic acids is 1. The van der Waals surface area contributed by atoms with Crippen molar-refractivity contribution in [2.24, 2.45) is 5.92 Å². The summed E-state index contributed by atoms with van der Waals surface area (Å²) in [6, 6.07) is -0.189. The molecular formula is C8H14N2O3. The van der Waals surface area contributed by atoms with E-state index in [4.69, 9.17) is 5.11 Å². The van der Waals surface area contributed by atoms with Gasteiger partial charge in [0.15, 0.2) is 0 Å². The van der Waals surface area contributed by atoms with Gasteiger partial charge in [0.1, 0.15) is 0 Å². The van der Waals surface area contributed by atoms with Crippen LogP contribution >= 0.6 is 0 Å². The number of hydrogen-bond donors (Lipinski definition) is 2. The molecule has 1 aliphatic heterocycles. The van der Waals surface area contributed by atoms with Crippen LogP contribution in [0.25, 0.3) is 0 Å². The summed E-state index contributed by atoms with van der Waals surface area (Å²) in [5.41, 5.74) is 0. The minimum Gasteiger partial charge on any atom is -0.481 e. The Hall–Kier alpha value is -1.26. The van der Waals surface area contributed by atoms with Crippen LogP contribution in [0.3, 0.4) is 0 Å². The van der Waals surface area contributed by atoms with Crippen LogP contribution in [0, 0.1) is 5.92 Å². The van der Waals surface area contributed by atoms with Gasteiger partial charge in [0.25, 0.3) is 0 Å². The topological polar surface area (TPSA) is 69.6 Å². The molecule has 0 saturated carbocycles. The molecule has 13 heavy (non-hydrogen) atoms. The normalized spacial score (nSPS) is 22.5. The maximum Gasteiger partial charge on any atom is 0.317 e.